The van der Waals surface area contributed by atoms with E-state index in [0.717, 1.165) is 44.7 Å². The lowest BCUT2D eigenvalue weighted by Gasteiger charge is -2.23. The molecule has 2 N–H and O–H groups in total. The molecule has 1 aliphatic rings. The topological polar surface area (TPSA) is 59.1 Å². The van der Waals surface area contributed by atoms with E-state index in [4.69, 9.17) is 4.74 Å². The number of nitrogens with one attached hydrogen (secondary N) is 2. The molecule has 1 saturated heterocycles. The average Bonchev–Trinajstić information content (AvgIpc) is 2.41. The molecule has 1 aromatic heterocycles. The summed E-state index contributed by atoms with van der Waals surface area (Å²) in [7, 11) is 0. The zero-order valence-electron chi connectivity index (χ0n) is 10.3. The Bertz CT molecular complexity index is 322. The molecule has 0 amide bonds. The largest absolute Gasteiger partial charge is 0.379 e. The second kappa shape index (κ2) is 6.51. The smallest absolute Gasteiger partial charge is 0.222 e. The number of aromatic nitrogens is 2. The van der Waals surface area contributed by atoms with Crippen LogP contribution in [0.5, 0.6) is 0 Å². The molecule has 0 spiro atoms. The predicted molar refractivity (Wildman–Crippen MR) is 67.1 cm³/mol. The van der Waals surface area contributed by atoms with Gasteiger partial charge in [-0.05, 0) is 18.4 Å². The van der Waals surface area contributed by atoms with Gasteiger partial charge in [-0.15, -0.1) is 0 Å². The van der Waals surface area contributed by atoms with E-state index in [1.165, 1.54) is 0 Å². The van der Waals surface area contributed by atoms with Gasteiger partial charge in [-0.25, -0.2) is 9.97 Å². The lowest BCUT2D eigenvalue weighted by Crippen LogP contribution is -2.42. The highest BCUT2D eigenvalue weighted by atomic mass is 16.5. The summed E-state index contributed by atoms with van der Waals surface area (Å²) in [5.74, 6) is 0.707. The van der Waals surface area contributed by atoms with Gasteiger partial charge in [-0.1, -0.05) is 6.92 Å². The summed E-state index contributed by atoms with van der Waals surface area (Å²) >= 11 is 0. The monoisotopic (exact) mass is 236 g/mol. The third-order valence-corrected chi connectivity index (χ3v) is 2.89. The van der Waals surface area contributed by atoms with Crippen LogP contribution in [0.2, 0.25) is 0 Å². The summed E-state index contributed by atoms with van der Waals surface area (Å²) in [6.07, 6.45) is 5.75. The van der Waals surface area contributed by atoms with Crippen LogP contribution in [-0.2, 0) is 11.2 Å². The van der Waals surface area contributed by atoms with Crippen molar-refractivity contribution in [1.29, 1.82) is 0 Å². The molecule has 5 nitrogen and oxygen atoms in total. The molecule has 1 atom stereocenters. The first kappa shape index (κ1) is 12.3. The zero-order chi connectivity index (χ0) is 11.9. The van der Waals surface area contributed by atoms with Crippen molar-refractivity contribution in [2.75, 3.05) is 31.6 Å². The van der Waals surface area contributed by atoms with Crippen molar-refractivity contribution in [3.8, 4) is 0 Å². The maximum atomic E-state index is 5.39. The average molecular weight is 236 g/mol. The molecule has 2 heterocycles. The standard InChI is InChI=1S/C12H20N4O/c1-2-10-7-15-12(16-8-10)14-4-3-11-9-17-6-5-13-11/h7-8,11,13H,2-6,9H2,1H3,(H,14,15,16). The van der Waals surface area contributed by atoms with Gasteiger partial charge in [0, 0.05) is 31.5 Å². The van der Waals surface area contributed by atoms with Gasteiger partial charge < -0.3 is 15.4 Å². The first-order valence-corrected chi connectivity index (χ1v) is 6.24. The second-order valence-electron chi connectivity index (χ2n) is 4.21. The van der Waals surface area contributed by atoms with Gasteiger partial charge in [0.2, 0.25) is 5.95 Å². The number of hydrogen-bond donors (Lipinski definition) is 2. The van der Waals surface area contributed by atoms with Crippen LogP contribution in [0.25, 0.3) is 0 Å². The number of ether oxygens (including phenoxy) is 1. The first-order chi connectivity index (χ1) is 8.38. The van der Waals surface area contributed by atoms with E-state index in [-0.39, 0.29) is 0 Å². The fraction of sp³-hybridized carbons (Fsp3) is 0.667. The summed E-state index contributed by atoms with van der Waals surface area (Å²) in [5.41, 5.74) is 1.16. The molecule has 1 fully saturated rings. The molecule has 5 heteroatoms. The van der Waals surface area contributed by atoms with Crippen molar-refractivity contribution in [3.63, 3.8) is 0 Å². The number of rotatable bonds is 5. The molecule has 1 aromatic rings. The fourth-order valence-electron chi connectivity index (χ4n) is 1.79. The molecule has 0 saturated carbocycles. The lowest BCUT2D eigenvalue weighted by atomic mass is 10.2. The SMILES string of the molecule is CCc1cnc(NCCC2COCCN2)nc1. The molecule has 0 radical (unpaired) electrons. The Hall–Kier alpha value is -1.20. The lowest BCUT2D eigenvalue weighted by molar-refractivity contribution is 0.0753. The van der Waals surface area contributed by atoms with Crippen molar-refractivity contribution < 1.29 is 4.74 Å². The zero-order valence-corrected chi connectivity index (χ0v) is 10.3. The van der Waals surface area contributed by atoms with Crippen molar-refractivity contribution in [2.24, 2.45) is 0 Å². The molecular formula is C12H20N4O. The van der Waals surface area contributed by atoms with Crippen LogP contribution < -0.4 is 10.6 Å². The summed E-state index contributed by atoms with van der Waals surface area (Å²) in [5, 5.41) is 6.64. The summed E-state index contributed by atoms with van der Waals surface area (Å²) < 4.78 is 5.39. The Kier molecular flexibility index (Phi) is 4.70. The maximum absolute atomic E-state index is 5.39. The van der Waals surface area contributed by atoms with Crippen molar-refractivity contribution in [3.05, 3.63) is 18.0 Å². The quantitative estimate of drug-likeness (QED) is 0.793. The first-order valence-electron chi connectivity index (χ1n) is 6.24. The molecule has 0 aromatic carbocycles. The Morgan fingerprint density at radius 2 is 2.29 bits per heavy atom. The molecule has 2 rings (SSSR count). The van der Waals surface area contributed by atoms with Gasteiger partial charge in [0.05, 0.1) is 13.2 Å². The van der Waals surface area contributed by atoms with E-state index < -0.39 is 0 Å². The highest BCUT2D eigenvalue weighted by molar-refractivity contribution is 5.24. The number of aryl methyl sites for hydroxylation is 1. The van der Waals surface area contributed by atoms with E-state index in [0.29, 0.717) is 12.0 Å². The van der Waals surface area contributed by atoms with Crippen molar-refractivity contribution >= 4 is 5.95 Å². The highest BCUT2D eigenvalue weighted by Gasteiger charge is 2.11. The van der Waals surface area contributed by atoms with Gasteiger partial charge in [-0.2, -0.15) is 0 Å². The van der Waals surface area contributed by atoms with Crippen LogP contribution in [-0.4, -0.2) is 42.3 Å². The van der Waals surface area contributed by atoms with E-state index in [1.54, 1.807) is 0 Å². The molecular weight excluding hydrogens is 216 g/mol. The second-order valence-corrected chi connectivity index (χ2v) is 4.21. The molecule has 94 valence electrons. The van der Waals surface area contributed by atoms with Crippen LogP contribution >= 0.6 is 0 Å². The van der Waals surface area contributed by atoms with Gasteiger partial charge in [-0.3, -0.25) is 0 Å². The van der Waals surface area contributed by atoms with Crippen LogP contribution in [0.1, 0.15) is 18.9 Å². The van der Waals surface area contributed by atoms with E-state index in [1.807, 2.05) is 12.4 Å². The van der Waals surface area contributed by atoms with E-state index in [9.17, 15) is 0 Å². The number of morpholine rings is 1. The Balaban J connectivity index is 1.69. The fourth-order valence-corrected chi connectivity index (χ4v) is 1.79. The Labute approximate surface area is 102 Å². The molecule has 1 unspecified atom stereocenters. The van der Waals surface area contributed by atoms with Crippen molar-refractivity contribution in [1.82, 2.24) is 15.3 Å². The van der Waals surface area contributed by atoms with Gasteiger partial charge in [0.25, 0.3) is 0 Å². The predicted octanol–water partition coefficient (Wildman–Crippen LogP) is 0.829. The van der Waals surface area contributed by atoms with Gasteiger partial charge in [0.1, 0.15) is 0 Å². The highest BCUT2D eigenvalue weighted by Crippen LogP contribution is 2.02. The summed E-state index contributed by atoms with van der Waals surface area (Å²) in [6.45, 7) is 5.54. The molecule has 17 heavy (non-hydrogen) atoms. The summed E-state index contributed by atoms with van der Waals surface area (Å²) in [4.78, 5) is 8.52. The van der Waals surface area contributed by atoms with Crippen molar-refractivity contribution in [2.45, 2.75) is 25.8 Å². The van der Waals surface area contributed by atoms with E-state index in [2.05, 4.69) is 27.5 Å². The molecule has 1 aliphatic heterocycles. The number of hydrogen-bond acceptors (Lipinski definition) is 5. The number of nitrogens with zero attached hydrogens (tertiary/aromatic N) is 2. The Morgan fingerprint density at radius 3 is 2.94 bits per heavy atom. The third kappa shape index (κ3) is 3.94. The normalized spacial score (nSPS) is 20.2. The molecule has 0 aliphatic carbocycles. The third-order valence-electron chi connectivity index (χ3n) is 2.89. The van der Waals surface area contributed by atoms with Crippen LogP contribution in [0.4, 0.5) is 5.95 Å². The van der Waals surface area contributed by atoms with Crippen LogP contribution in [0, 0.1) is 0 Å². The van der Waals surface area contributed by atoms with Gasteiger partial charge >= 0.3 is 0 Å². The van der Waals surface area contributed by atoms with Crippen LogP contribution in [0.15, 0.2) is 12.4 Å². The minimum absolute atomic E-state index is 0.450. The summed E-state index contributed by atoms with van der Waals surface area (Å²) in [6, 6.07) is 0.450. The minimum atomic E-state index is 0.450. The Morgan fingerprint density at radius 1 is 1.47 bits per heavy atom. The minimum Gasteiger partial charge on any atom is -0.379 e. The van der Waals surface area contributed by atoms with Gasteiger partial charge in [0.15, 0.2) is 0 Å². The maximum Gasteiger partial charge on any atom is 0.222 e. The molecule has 0 bridgehead atoms. The van der Waals surface area contributed by atoms with Crippen LogP contribution in [0.3, 0.4) is 0 Å². The number of anilines is 1. The van der Waals surface area contributed by atoms with E-state index >= 15 is 0 Å².